The zero-order chi connectivity index (χ0) is 24.9. The smallest absolute Gasteiger partial charge is 0.352 e. The van der Waals surface area contributed by atoms with Crippen LogP contribution in [0.5, 0.6) is 0 Å². The molecule has 0 radical (unpaired) electrons. The second-order valence-electron chi connectivity index (χ2n) is 7.79. The van der Waals surface area contributed by atoms with Crippen molar-refractivity contribution in [1.29, 1.82) is 0 Å². The average Bonchev–Trinajstić information content (AvgIpc) is 3.36. The summed E-state index contributed by atoms with van der Waals surface area (Å²) in [6, 6.07) is 21.4. The summed E-state index contributed by atoms with van der Waals surface area (Å²) in [5, 5.41) is 18.7. The van der Waals surface area contributed by atoms with E-state index in [2.05, 4.69) is 10.6 Å². The molecule has 0 bridgehead atoms. The zero-order valence-electron chi connectivity index (χ0n) is 18.6. The van der Waals surface area contributed by atoms with Gasteiger partial charge >= 0.3 is 5.97 Å². The Morgan fingerprint density at radius 3 is 2.46 bits per heavy atom. The van der Waals surface area contributed by atoms with Crippen LogP contribution in [-0.4, -0.2) is 22.9 Å². The Morgan fingerprint density at radius 2 is 1.74 bits per heavy atom. The number of carbonyl (C=O) groups is 3. The summed E-state index contributed by atoms with van der Waals surface area (Å²) in [7, 11) is 0. The maximum atomic E-state index is 12.9. The average molecular weight is 505 g/mol. The summed E-state index contributed by atoms with van der Waals surface area (Å²) in [6.07, 6.45) is 1.37. The van der Waals surface area contributed by atoms with E-state index in [1.165, 1.54) is 35.6 Å². The normalized spacial score (nSPS) is 12.2. The highest BCUT2D eigenvalue weighted by Crippen LogP contribution is 2.25. The Hall–Kier alpha value is -3.94. The van der Waals surface area contributed by atoms with Crippen LogP contribution < -0.4 is 10.6 Å². The number of nitrogens with one attached hydrogen (secondary N) is 2. The summed E-state index contributed by atoms with van der Waals surface area (Å²) in [5.41, 5.74) is 1.05. The monoisotopic (exact) mass is 504 g/mol. The topological polar surface area (TPSA) is 95.5 Å². The first-order valence-electron chi connectivity index (χ1n) is 10.7. The number of hydrogen-bond donors (Lipinski definition) is 3. The lowest BCUT2D eigenvalue weighted by Gasteiger charge is -2.17. The Bertz CT molecular complexity index is 1440. The van der Waals surface area contributed by atoms with Crippen molar-refractivity contribution in [2.45, 2.75) is 13.0 Å². The molecule has 8 heteroatoms. The molecule has 4 aromatic rings. The van der Waals surface area contributed by atoms with Gasteiger partial charge in [-0.05, 0) is 59.0 Å². The van der Waals surface area contributed by atoms with Crippen molar-refractivity contribution in [2.24, 2.45) is 0 Å². The van der Waals surface area contributed by atoms with Crippen molar-refractivity contribution in [3.63, 3.8) is 0 Å². The molecule has 0 saturated carbocycles. The number of carboxylic acid groups (broad SMARTS) is 1. The summed E-state index contributed by atoms with van der Waals surface area (Å²) >= 11 is 7.64. The van der Waals surface area contributed by atoms with Gasteiger partial charge in [0.1, 0.15) is 5.70 Å². The maximum absolute atomic E-state index is 12.9. The minimum absolute atomic E-state index is 0.0360. The molecule has 1 unspecified atom stereocenters. The fourth-order valence-corrected chi connectivity index (χ4v) is 4.61. The first-order valence-corrected chi connectivity index (χ1v) is 12.0. The number of rotatable bonds is 7. The largest absolute Gasteiger partial charge is 0.477 e. The molecule has 0 aliphatic rings. The predicted molar refractivity (Wildman–Crippen MR) is 139 cm³/mol. The molecule has 1 atom stereocenters. The number of halogens is 1. The van der Waals surface area contributed by atoms with Gasteiger partial charge in [-0.2, -0.15) is 0 Å². The van der Waals surface area contributed by atoms with Crippen LogP contribution in [0.2, 0.25) is 5.02 Å². The molecule has 0 aliphatic carbocycles. The molecule has 4 rings (SSSR count). The lowest BCUT2D eigenvalue weighted by atomic mass is 9.99. The van der Waals surface area contributed by atoms with Crippen molar-refractivity contribution in [2.75, 3.05) is 0 Å². The number of amides is 2. The van der Waals surface area contributed by atoms with Gasteiger partial charge in [-0.1, -0.05) is 60.1 Å². The van der Waals surface area contributed by atoms with E-state index in [1.54, 1.807) is 17.5 Å². The highest BCUT2D eigenvalue weighted by molar-refractivity contribution is 7.10. The highest BCUT2D eigenvalue weighted by atomic mass is 35.5. The summed E-state index contributed by atoms with van der Waals surface area (Å²) in [4.78, 5) is 37.8. The second-order valence-corrected chi connectivity index (χ2v) is 9.18. The van der Waals surface area contributed by atoms with Gasteiger partial charge in [0.25, 0.3) is 11.8 Å². The summed E-state index contributed by atoms with van der Waals surface area (Å²) in [6.45, 7) is 1.90. The fraction of sp³-hybridized carbons (Fsp3) is 0.0741. The molecule has 0 saturated heterocycles. The highest BCUT2D eigenvalue weighted by Gasteiger charge is 2.19. The van der Waals surface area contributed by atoms with Crippen molar-refractivity contribution in [1.82, 2.24) is 10.6 Å². The number of hydrogen-bond acceptors (Lipinski definition) is 4. The molecular formula is C27H21ClN2O4S. The van der Waals surface area contributed by atoms with Gasteiger partial charge < -0.3 is 15.7 Å². The zero-order valence-corrected chi connectivity index (χ0v) is 20.2. The molecule has 6 nitrogen and oxygen atoms in total. The Kier molecular flexibility index (Phi) is 7.29. The van der Waals surface area contributed by atoms with Gasteiger partial charge in [0, 0.05) is 10.4 Å². The van der Waals surface area contributed by atoms with Crippen LogP contribution in [0.4, 0.5) is 0 Å². The standard InChI is InChI=1S/C27H21ClN2O4S/c1-16(20-10-4-7-17-6-2-3-9-21(17)20)29-25(31)18-11-12-22(23(28)14-18)26(32)30-24(27(33)34)15-19-8-5-13-35-19/h2-16H,1H3,(H,29,31)(H,30,32)(H,33,34)/b24-15-. The minimum Gasteiger partial charge on any atom is -0.477 e. The van der Waals surface area contributed by atoms with Gasteiger partial charge in [0.2, 0.25) is 0 Å². The van der Waals surface area contributed by atoms with Crippen LogP contribution in [0.25, 0.3) is 16.8 Å². The van der Waals surface area contributed by atoms with Crippen LogP contribution in [0, 0.1) is 0 Å². The van der Waals surface area contributed by atoms with Crippen LogP contribution in [-0.2, 0) is 4.79 Å². The van der Waals surface area contributed by atoms with Crippen molar-refractivity contribution in [3.05, 3.63) is 110 Å². The summed E-state index contributed by atoms with van der Waals surface area (Å²) < 4.78 is 0. The maximum Gasteiger partial charge on any atom is 0.352 e. The van der Waals surface area contributed by atoms with Crippen molar-refractivity contribution < 1.29 is 19.5 Å². The number of benzene rings is 3. The van der Waals surface area contributed by atoms with E-state index in [0.717, 1.165) is 16.3 Å². The number of aliphatic carboxylic acids is 1. The van der Waals surface area contributed by atoms with Crippen LogP contribution in [0.3, 0.4) is 0 Å². The van der Waals surface area contributed by atoms with E-state index in [0.29, 0.717) is 4.88 Å². The van der Waals surface area contributed by atoms with Gasteiger partial charge in [0.15, 0.2) is 0 Å². The first-order chi connectivity index (χ1) is 16.8. The molecule has 1 aromatic heterocycles. The van der Waals surface area contributed by atoms with Gasteiger partial charge in [-0.15, -0.1) is 11.3 Å². The van der Waals surface area contributed by atoms with Crippen molar-refractivity contribution >= 4 is 57.6 Å². The van der Waals surface area contributed by atoms with E-state index in [4.69, 9.17) is 11.6 Å². The molecule has 0 spiro atoms. The molecule has 0 aliphatic heterocycles. The molecule has 35 heavy (non-hydrogen) atoms. The van der Waals surface area contributed by atoms with E-state index < -0.39 is 11.9 Å². The van der Waals surface area contributed by atoms with Gasteiger partial charge in [0.05, 0.1) is 16.6 Å². The third-order valence-corrected chi connectivity index (χ3v) is 6.55. The third-order valence-electron chi connectivity index (χ3n) is 5.42. The van der Waals surface area contributed by atoms with E-state index >= 15 is 0 Å². The molecule has 2 amide bonds. The molecule has 1 heterocycles. The van der Waals surface area contributed by atoms with Gasteiger partial charge in [-0.3, -0.25) is 9.59 Å². The SMILES string of the molecule is CC(NC(=O)c1ccc(C(=O)N/C(=C\c2cccs2)C(=O)O)c(Cl)c1)c1cccc2ccccc12. The van der Waals surface area contributed by atoms with Crippen LogP contribution in [0.1, 0.15) is 44.1 Å². The van der Waals surface area contributed by atoms with Gasteiger partial charge in [-0.25, -0.2) is 4.79 Å². The Balaban J connectivity index is 1.49. The van der Waals surface area contributed by atoms with Crippen LogP contribution in [0.15, 0.2) is 83.9 Å². The molecule has 3 aromatic carbocycles. The lowest BCUT2D eigenvalue weighted by molar-refractivity contribution is -0.132. The predicted octanol–water partition coefficient (Wildman–Crippen LogP) is 5.90. The van der Waals surface area contributed by atoms with E-state index in [1.807, 2.05) is 49.4 Å². The van der Waals surface area contributed by atoms with Crippen molar-refractivity contribution in [3.8, 4) is 0 Å². The number of thiophene rings is 1. The first kappa shape index (κ1) is 24.2. The number of carboxylic acids is 1. The lowest BCUT2D eigenvalue weighted by Crippen LogP contribution is -2.28. The molecule has 0 fully saturated rings. The quantitative estimate of drug-likeness (QED) is 0.273. The fourth-order valence-electron chi connectivity index (χ4n) is 3.68. The molecule has 176 valence electrons. The molecular weight excluding hydrogens is 484 g/mol. The molecule has 3 N–H and O–H groups in total. The number of fused-ring (bicyclic) bond motifs is 1. The summed E-state index contributed by atoms with van der Waals surface area (Å²) in [5.74, 6) is -2.30. The minimum atomic E-state index is -1.28. The number of carbonyl (C=O) groups excluding carboxylic acids is 2. The third kappa shape index (κ3) is 5.59. The Morgan fingerprint density at radius 1 is 0.971 bits per heavy atom. The van der Waals surface area contributed by atoms with E-state index in [9.17, 15) is 19.5 Å². The van der Waals surface area contributed by atoms with Crippen LogP contribution >= 0.6 is 22.9 Å². The Labute approximate surface area is 210 Å². The van der Waals surface area contributed by atoms with E-state index in [-0.39, 0.29) is 33.8 Å². The second kappa shape index (κ2) is 10.5.